The van der Waals surface area contributed by atoms with Crippen LogP contribution in [0, 0.1) is 32.1 Å². The number of pyridine rings is 1. The second kappa shape index (κ2) is 15.9. The van der Waals surface area contributed by atoms with Crippen LogP contribution in [0.3, 0.4) is 0 Å². The van der Waals surface area contributed by atoms with Crippen molar-refractivity contribution in [3.63, 3.8) is 0 Å². The van der Waals surface area contributed by atoms with Crippen molar-refractivity contribution >= 4 is 32.5 Å². The number of benzene rings is 5. The van der Waals surface area contributed by atoms with Crippen molar-refractivity contribution in [1.82, 2.24) is 14.5 Å². The van der Waals surface area contributed by atoms with Gasteiger partial charge in [0.2, 0.25) is 0 Å². The van der Waals surface area contributed by atoms with E-state index in [-0.39, 0.29) is 31.2 Å². The van der Waals surface area contributed by atoms with E-state index >= 15 is 0 Å². The summed E-state index contributed by atoms with van der Waals surface area (Å²) in [6, 6.07) is 41.0. The molecule has 0 bridgehead atoms. The van der Waals surface area contributed by atoms with Crippen LogP contribution in [0.1, 0.15) is 75.6 Å². The van der Waals surface area contributed by atoms with Gasteiger partial charge in [-0.1, -0.05) is 141 Å². The Morgan fingerprint density at radius 2 is 1.44 bits per heavy atom. The molecule has 8 aromatic rings. The van der Waals surface area contributed by atoms with E-state index in [1.54, 1.807) is 23.5 Å². The fourth-order valence-corrected chi connectivity index (χ4v) is 7.30. The molecule has 0 spiro atoms. The van der Waals surface area contributed by atoms with E-state index < -0.39 is 13.7 Å². The molecule has 0 unspecified atom stereocenters. The number of nitrogens with zero attached hydrogens (tertiary/aromatic N) is 3. The summed E-state index contributed by atoms with van der Waals surface area (Å²) in [6.45, 7) is 7.03. The molecular formula is C47H43IrN3S-2. The molecule has 0 atom stereocenters. The Kier molecular flexibility index (Phi) is 9.14. The summed E-state index contributed by atoms with van der Waals surface area (Å²) >= 11 is 1.67. The molecule has 0 saturated heterocycles. The van der Waals surface area contributed by atoms with Gasteiger partial charge < -0.3 is 9.55 Å². The zero-order chi connectivity index (χ0) is 40.6. The predicted molar refractivity (Wildman–Crippen MR) is 217 cm³/mol. The topological polar surface area (TPSA) is 30.7 Å². The van der Waals surface area contributed by atoms with Gasteiger partial charge in [-0.05, 0) is 71.3 Å². The van der Waals surface area contributed by atoms with Gasteiger partial charge in [0.25, 0.3) is 0 Å². The molecule has 0 N–H and O–H groups in total. The van der Waals surface area contributed by atoms with E-state index in [4.69, 9.17) is 13.2 Å². The Morgan fingerprint density at radius 1 is 0.731 bits per heavy atom. The summed E-state index contributed by atoms with van der Waals surface area (Å²) in [5, 5.41) is 4.85. The van der Waals surface area contributed by atoms with Gasteiger partial charge in [-0.15, -0.1) is 40.8 Å². The van der Waals surface area contributed by atoms with E-state index in [0.717, 1.165) is 22.4 Å². The van der Waals surface area contributed by atoms with Crippen LogP contribution < -0.4 is 0 Å². The number of fused-ring (bicyclic) bond motifs is 2. The molecule has 0 fully saturated rings. The molecule has 52 heavy (non-hydrogen) atoms. The summed E-state index contributed by atoms with van der Waals surface area (Å²) in [5.41, 5.74) is 12.5. The minimum Gasteiger partial charge on any atom is -0.333 e. The van der Waals surface area contributed by atoms with Crippen LogP contribution in [0.4, 0.5) is 0 Å². The molecule has 0 aliphatic rings. The molecule has 0 saturated carbocycles. The zero-order valence-electron chi connectivity index (χ0n) is 35.8. The van der Waals surface area contributed by atoms with Gasteiger partial charge in [-0.2, -0.15) is 0 Å². The molecule has 5 heteroatoms. The van der Waals surface area contributed by atoms with Crippen molar-refractivity contribution in [1.29, 1.82) is 0 Å². The van der Waals surface area contributed by atoms with E-state index in [1.807, 2.05) is 0 Å². The molecule has 3 heterocycles. The van der Waals surface area contributed by atoms with E-state index in [0.29, 0.717) is 23.1 Å². The van der Waals surface area contributed by atoms with Crippen LogP contribution in [0.25, 0.3) is 60.6 Å². The van der Waals surface area contributed by atoms with Crippen molar-refractivity contribution in [2.75, 3.05) is 0 Å². The van der Waals surface area contributed by atoms with Crippen LogP contribution in [0.5, 0.6) is 0 Å². The first kappa shape index (κ1) is 29.9. The quantitative estimate of drug-likeness (QED) is 0.156. The Morgan fingerprint density at radius 3 is 2.10 bits per heavy atom. The summed E-state index contributed by atoms with van der Waals surface area (Å²) in [4.78, 5) is 9.32. The SMILES string of the molecule is Cc1cc(C(C)C)c(-n2c(-c3[c-]sc4ccc(-c5ccccc5)cc34)nc3ccccc32)c(C(C)C)c1.[2H]C([2H])([2H])c1c[c-]c(-c2ccc(C([2H])([2H])[2H])cn2)cc1.[Ir]. The number of hydrogen-bond acceptors (Lipinski definition) is 3. The Hall–Kier alpha value is -4.67. The van der Waals surface area contributed by atoms with Gasteiger partial charge >= 0.3 is 0 Å². The summed E-state index contributed by atoms with van der Waals surface area (Å²) in [5.74, 6) is 1.73. The number of para-hydroxylation sites is 2. The average Bonchev–Trinajstić information content (AvgIpc) is 3.79. The van der Waals surface area contributed by atoms with Gasteiger partial charge in [0.15, 0.2) is 0 Å². The number of rotatable bonds is 6. The van der Waals surface area contributed by atoms with Crippen LogP contribution in [0.2, 0.25) is 0 Å². The van der Waals surface area contributed by atoms with E-state index in [2.05, 4.69) is 141 Å². The summed E-state index contributed by atoms with van der Waals surface area (Å²) < 4.78 is 47.3. The molecule has 3 aromatic heterocycles. The maximum atomic E-state index is 7.28. The third-order valence-electron chi connectivity index (χ3n) is 9.04. The maximum absolute atomic E-state index is 7.28. The minimum absolute atomic E-state index is 0. The second-order valence-electron chi connectivity index (χ2n) is 13.4. The largest absolute Gasteiger partial charge is 0.333 e. The molecule has 3 nitrogen and oxygen atoms in total. The van der Waals surface area contributed by atoms with Crippen LogP contribution in [0.15, 0.2) is 121 Å². The minimum atomic E-state index is -2.18. The summed E-state index contributed by atoms with van der Waals surface area (Å²) in [7, 11) is 0. The normalized spacial score (nSPS) is 13.4. The van der Waals surface area contributed by atoms with Crippen molar-refractivity contribution in [2.45, 2.75) is 60.2 Å². The Labute approximate surface area is 334 Å². The molecule has 8 rings (SSSR count). The molecule has 0 amide bonds. The number of hydrogen-bond donors (Lipinski definition) is 0. The summed E-state index contributed by atoms with van der Waals surface area (Å²) in [6.07, 6.45) is 1.30. The van der Waals surface area contributed by atoms with Crippen molar-refractivity contribution in [2.24, 2.45) is 0 Å². The van der Waals surface area contributed by atoms with Gasteiger partial charge in [-0.25, -0.2) is 0 Å². The van der Waals surface area contributed by atoms with Gasteiger partial charge in [0, 0.05) is 40.2 Å². The van der Waals surface area contributed by atoms with Crippen molar-refractivity contribution in [3.8, 4) is 39.5 Å². The Bertz CT molecular complexity index is 2580. The van der Waals surface area contributed by atoms with E-state index in [9.17, 15) is 0 Å². The number of aromatic nitrogens is 3. The average molecular weight is 880 g/mol. The standard InChI is InChI=1S/C34H31N2S.C13H12N.Ir/c1-21(2)26-17-23(5)18-27(22(3)4)33(26)36-31-14-10-9-13-30(31)35-34(36)29-20-37-32-16-15-25(19-28(29)32)24-11-7-6-8-12-24;1-10-3-6-12(7-4-10)13-8-5-11(2)9-14-13;/h6-19,21-22H,1-5H3;3-6,8-9H,1-2H3;/q2*-1;/i;1D3,2D3;. The monoisotopic (exact) mass is 880 g/mol. The maximum Gasteiger partial charge on any atom is 0.0774 e. The number of aryl methyl sites for hydroxylation is 3. The second-order valence-corrected chi connectivity index (χ2v) is 14.3. The third-order valence-corrected chi connectivity index (χ3v) is 9.92. The number of imidazole rings is 1. The van der Waals surface area contributed by atoms with Crippen LogP contribution in [-0.2, 0) is 20.1 Å². The molecular weight excluding hydrogens is 831 g/mol. The fourth-order valence-electron chi connectivity index (χ4n) is 6.48. The first-order valence-corrected chi connectivity index (χ1v) is 18.0. The Balaban J connectivity index is 0.000000230. The smallest absolute Gasteiger partial charge is 0.0774 e. The zero-order valence-corrected chi connectivity index (χ0v) is 33.0. The number of thiophene rings is 1. The molecule has 0 aliphatic carbocycles. The fraction of sp³-hybridized carbons (Fsp3) is 0.191. The molecule has 0 aliphatic heterocycles. The van der Waals surface area contributed by atoms with Crippen molar-refractivity contribution in [3.05, 3.63) is 161 Å². The van der Waals surface area contributed by atoms with Gasteiger partial charge in [0.1, 0.15) is 0 Å². The van der Waals surface area contributed by atoms with Gasteiger partial charge in [0.05, 0.1) is 16.9 Å². The third kappa shape index (κ3) is 7.59. The predicted octanol–water partition coefficient (Wildman–Crippen LogP) is 13.1. The first-order valence-electron chi connectivity index (χ1n) is 20.2. The first-order chi connectivity index (χ1) is 27.1. The van der Waals surface area contributed by atoms with Gasteiger partial charge in [-0.3, -0.25) is 16.3 Å². The van der Waals surface area contributed by atoms with Crippen LogP contribution in [-0.4, -0.2) is 14.5 Å². The molecule has 1 radical (unpaired) electrons. The molecule has 263 valence electrons. The molecule has 5 aromatic carbocycles. The van der Waals surface area contributed by atoms with E-state index in [1.165, 1.54) is 68.0 Å². The van der Waals surface area contributed by atoms with Crippen LogP contribution >= 0.6 is 11.3 Å². The van der Waals surface area contributed by atoms with Crippen molar-refractivity contribution < 1.29 is 28.3 Å².